The van der Waals surface area contributed by atoms with E-state index in [2.05, 4.69) is 26.0 Å². The van der Waals surface area contributed by atoms with E-state index in [4.69, 9.17) is 9.47 Å². The minimum atomic E-state index is -0.468. The van der Waals surface area contributed by atoms with Gasteiger partial charge in [-0.25, -0.2) is 0 Å². The lowest BCUT2D eigenvalue weighted by Gasteiger charge is -2.28. The Kier molecular flexibility index (Phi) is 5.55. The number of carbonyl (C=O) groups excluding carboxylic acids is 1. The molecule has 0 aliphatic carbocycles. The van der Waals surface area contributed by atoms with Gasteiger partial charge in [0.15, 0.2) is 0 Å². The summed E-state index contributed by atoms with van der Waals surface area (Å²) in [5.74, 6) is 0. The molecule has 0 saturated carbocycles. The average Bonchev–Trinajstić information content (AvgIpc) is 2.28. The maximum absolute atomic E-state index is 10.4. The molecule has 0 atom stereocenters. The van der Waals surface area contributed by atoms with Crippen molar-refractivity contribution in [1.29, 1.82) is 0 Å². The smallest absolute Gasteiger partial charge is 0.293 e. The van der Waals surface area contributed by atoms with Crippen molar-refractivity contribution in [2.24, 2.45) is 0 Å². The van der Waals surface area contributed by atoms with Crippen molar-refractivity contribution in [1.82, 2.24) is 0 Å². The van der Waals surface area contributed by atoms with E-state index in [1.807, 2.05) is 32.0 Å². The van der Waals surface area contributed by atoms with E-state index in [1.54, 1.807) is 0 Å². The maximum atomic E-state index is 10.4. The van der Waals surface area contributed by atoms with Crippen LogP contribution in [0.2, 0.25) is 0 Å². The van der Waals surface area contributed by atoms with Crippen LogP contribution in [-0.2, 0) is 20.7 Å². The van der Waals surface area contributed by atoms with Gasteiger partial charge >= 0.3 is 0 Å². The summed E-state index contributed by atoms with van der Waals surface area (Å²) in [6.07, 6.45) is 1.55. The number of benzene rings is 1. The molecule has 0 bridgehead atoms. The van der Waals surface area contributed by atoms with Crippen molar-refractivity contribution in [3.8, 4) is 0 Å². The van der Waals surface area contributed by atoms with E-state index in [9.17, 15) is 4.79 Å². The summed E-state index contributed by atoms with van der Waals surface area (Å²) in [7, 11) is 0. The second-order valence-corrected chi connectivity index (χ2v) is 5.99. The predicted octanol–water partition coefficient (Wildman–Crippen LogP) is 3.37. The van der Waals surface area contributed by atoms with E-state index >= 15 is 0 Å². The average molecular weight is 264 g/mol. The van der Waals surface area contributed by atoms with Crippen LogP contribution in [-0.4, -0.2) is 24.3 Å². The number of ether oxygens (including phenoxy) is 2. The van der Waals surface area contributed by atoms with Crippen molar-refractivity contribution in [3.05, 3.63) is 35.9 Å². The van der Waals surface area contributed by atoms with Crippen LogP contribution < -0.4 is 0 Å². The molecule has 0 heterocycles. The number of hydrogen-bond acceptors (Lipinski definition) is 3. The highest BCUT2D eigenvalue weighted by Gasteiger charge is 2.23. The van der Waals surface area contributed by atoms with Gasteiger partial charge in [0.2, 0.25) is 0 Å². The highest BCUT2D eigenvalue weighted by molar-refractivity contribution is 5.38. The molecule has 3 heteroatoms. The molecule has 0 spiro atoms. The summed E-state index contributed by atoms with van der Waals surface area (Å²) in [4.78, 5) is 10.4. The lowest BCUT2D eigenvalue weighted by molar-refractivity contribution is -0.143. The Balaban J connectivity index is 2.41. The fraction of sp³-hybridized carbons (Fsp3) is 0.562. The van der Waals surface area contributed by atoms with Gasteiger partial charge in [-0.3, -0.25) is 4.79 Å². The standard InChI is InChI=1S/C16H24O3/c1-15(2,19-13-17)10-11-18-16(3,4)12-14-8-6-5-7-9-14/h5-9,13H,10-12H2,1-4H3. The third-order valence-electron chi connectivity index (χ3n) is 3.04. The molecule has 1 rings (SSSR count). The Morgan fingerprint density at radius 2 is 1.68 bits per heavy atom. The van der Waals surface area contributed by atoms with Gasteiger partial charge in [0.05, 0.1) is 12.2 Å². The summed E-state index contributed by atoms with van der Waals surface area (Å²) < 4.78 is 10.9. The Bertz CT molecular complexity index is 382. The van der Waals surface area contributed by atoms with Gasteiger partial charge in [-0.2, -0.15) is 0 Å². The van der Waals surface area contributed by atoms with Crippen LogP contribution in [0.5, 0.6) is 0 Å². The summed E-state index contributed by atoms with van der Waals surface area (Å²) in [6.45, 7) is 8.99. The molecule has 0 aliphatic heterocycles. The lowest BCUT2D eigenvalue weighted by Crippen LogP contribution is -2.32. The first kappa shape index (κ1) is 15.7. The van der Waals surface area contributed by atoms with Crippen LogP contribution in [0, 0.1) is 0 Å². The monoisotopic (exact) mass is 264 g/mol. The Labute approximate surface area is 115 Å². The van der Waals surface area contributed by atoms with E-state index < -0.39 is 5.60 Å². The number of hydrogen-bond donors (Lipinski definition) is 0. The Morgan fingerprint density at radius 1 is 1.05 bits per heavy atom. The van der Waals surface area contributed by atoms with Crippen molar-refractivity contribution in [2.45, 2.75) is 51.7 Å². The molecular weight excluding hydrogens is 240 g/mol. The fourth-order valence-electron chi connectivity index (χ4n) is 1.90. The Hall–Kier alpha value is -1.35. The minimum Gasteiger partial charge on any atom is -0.462 e. The largest absolute Gasteiger partial charge is 0.462 e. The molecule has 0 N–H and O–H groups in total. The van der Waals surface area contributed by atoms with Gasteiger partial charge in [0.25, 0.3) is 6.47 Å². The summed E-state index contributed by atoms with van der Waals surface area (Å²) in [5, 5.41) is 0. The first-order valence-corrected chi connectivity index (χ1v) is 6.64. The lowest BCUT2D eigenvalue weighted by atomic mass is 9.98. The first-order valence-electron chi connectivity index (χ1n) is 6.64. The third kappa shape index (κ3) is 6.39. The normalized spacial score (nSPS) is 12.2. The van der Waals surface area contributed by atoms with Crippen LogP contribution in [0.4, 0.5) is 0 Å². The molecule has 106 valence electrons. The van der Waals surface area contributed by atoms with Crippen LogP contribution in [0.3, 0.4) is 0 Å². The van der Waals surface area contributed by atoms with Gasteiger partial charge in [0, 0.05) is 12.8 Å². The van der Waals surface area contributed by atoms with Crippen LogP contribution in [0.1, 0.15) is 39.7 Å². The van der Waals surface area contributed by atoms with Crippen molar-refractivity contribution in [3.63, 3.8) is 0 Å². The molecule has 0 unspecified atom stereocenters. The van der Waals surface area contributed by atoms with Gasteiger partial charge in [-0.1, -0.05) is 30.3 Å². The molecule has 0 radical (unpaired) electrons. The quantitative estimate of drug-likeness (QED) is 0.675. The predicted molar refractivity (Wildman–Crippen MR) is 76.0 cm³/mol. The SMILES string of the molecule is CC(C)(CCOC(C)(C)Cc1ccccc1)OC=O. The van der Waals surface area contributed by atoms with E-state index in [0.717, 1.165) is 6.42 Å². The van der Waals surface area contributed by atoms with Crippen molar-refractivity contribution < 1.29 is 14.3 Å². The second kappa shape index (κ2) is 6.71. The molecule has 19 heavy (non-hydrogen) atoms. The molecule has 0 amide bonds. The van der Waals surface area contributed by atoms with Gasteiger partial charge in [-0.15, -0.1) is 0 Å². The van der Waals surface area contributed by atoms with Gasteiger partial charge in [-0.05, 0) is 33.3 Å². The van der Waals surface area contributed by atoms with Crippen molar-refractivity contribution >= 4 is 6.47 Å². The highest BCUT2D eigenvalue weighted by atomic mass is 16.5. The molecular formula is C16H24O3. The molecule has 0 aromatic heterocycles. The molecule has 1 aromatic carbocycles. The second-order valence-electron chi connectivity index (χ2n) is 5.99. The van der Waals surface area contributed by atoms with Gasteiger partial charge < -0.3 is 9.47 Å². The van der Waals surface area contributed by atoms with Crippen molar-refractivity contribution in [2.75, 3.05) is 6.61 Å². The van der Waals surface area contributed by atoms with Gasteiger partial charge in [0.1, 0.15) is 5.60 Å². The molecule has 0 saturated heterocycles. The minimum absolute atomic E-state index is 0.224. The first-order chi connectivity index (χ1) is 8.85. The number of carbonyl (C=O) groups is 1. The molecule has 1 aromatic rings. The maximum Gasteiger partial charge on any atom is 0.293 e. The molecule has 0 aliphatic rings. The molecule has 0 fully saturated rings. The zero-order valence-electron chi connectivity index (χ0n) is 12.3. The van der Waals surface area contributed by atoms with E-state index in [0.29, 0.717) is 19.5 Å². The van der Waals surface area contributed by atoms with Crippen LogP contribution in [0.15, 0.2) is 30.3 Å². The zero-order chi connectivity index (χ0) is 14.4. The summed E-state index contributed by atoms with van der Waals surface area (Å²) in [5.41, 5.74) is 0.569. The van der Waals surface area contributed by atoms with Crippen LogP contribution >= 0.6 is 0 Å². The highest BCUT2D eigenvalue weighted by Crippen LogP contribution is 2.20. The topological polar surface area (TPSA) is 35.5 Å². The summed E-state index contributed by atoms with van der Waals surface area (Å²) in [6, 6.07) is 10.3. The third-order valence-corrected chi connectivity index (χ3v) is 3.04. The molecule has 3 nitrogen and oxygen atoms in total. The zero-order valence-corrected chi connectivity index (χ0v) is 12.3. The number of rotatable bonds is 8. The van der Waals surface area contributed by atoms with E-state index in [1.165, 1.54) is 5.56 Å². The summed E-state index contributed by atoms with van der Waals surface area (Å²) >= 11 is 0. The Morgan fingerprint density at radius 3 is 2.26 bits per heavy atom. The fourth-order valence-corrected chi connectivity index (χ4v) is 1.90. The van der Waals surface area contributed by atoms with E-state index in [-0.39, 0.29) is 5.60 Å². The van der Waals surface area contributed by atoms with Crippen LogP contribution in [0.25, 0.3) is 0 Å².